The zero-order chi connectivity index (χ0) is 14.5. The summed E-state index contributed by atoms with van der Waals surface area (Å²) in [6.07, 6.45) is 1.65. The van der Waals surface area contributed by atoms with E-state index in [4.69, 9.17) is 4.74 Å². The van der Waals surface area contributed by atoms with Crippen LogP contribution in [0.5, 0.6) is 0 Å². The van der Waals surface area contributed by atoms with Gasteiger partial charge in [0.15, 0.2) is 0 Å². The molecule has 0 spiro atoms. The molecule has 0 aromatic carbocycles. The summed E-state index contributed by atoms with van der Waals surface area (Å²) < 4.78 is 5.70. The minimum atomic E-state index is -0.387. The maximum absolute atomic E-state index is 11.8. The van der Waals surface area contributed by atoms with Crippen LogP contribution in [0.1, 0.15) is 26.7 Å². The number of aliphatic hydroxyl groups excluding tert-OH is 1. The summed E-state index contributed by atoms with van der Waals surface area (Å²) in [6, 6.07) is -0.228. The fraction of sp³-hybridized carbons (Fsp3) is 0.929. The van der Waals surface area contributed by atoms with Gasteiger partial charge < -0.3 is 20.5 Å². The molecule has 2 aliphatic rings. The quantitative estimate of drug-likeness (QED) is 0.611. The van der Waals surface area contributed by atoms with Crippen LogP contribution in [0, 0.1) is 0 Å². The van der Waals surface area contributed by atoms with Crippen molar-refractivity contribution < 1.29 is 14.6 Å². The molecule has 0 aromatic heterocycles. The molecule has 8 heteroatoms. The van der Waals surface area contributed by atoms with Gasteiger partial charge in [-0.05, 0) is 26.7 Å². The Kier molecular flexibility index (Phi) is 10.6. The van der Waals surface area contributed by atoms with Crippen molar-refractivity contribution in [3.8, 4) is 0 Å². The highest BCUT2D eigenvalue weighted by molar-refractivity contribution is 5.85. The van der Waals surface area contributed by atoms with Gasteiger partial charge in [-0.1, -0.05) is 0 Å². The number of nitrogens with zero attached hydrogens (tertiary/aromatic N) is 1. The molecule has 6 nitrogen and oxygen atoms in total. The molecule has 22 heavy (non-hydrogen) atoms. The maximum atomic E-state index is 11.8. The first-order valence-corrected chi connectivity index (χ1v) is 7.61. The topological polar surface area (TPSA) is 73.8 Å². The lowest BCUT2D eigenvalue weighted by molar-refractivity contribution is -0.123. The molecule has 0 bridgehead atoms. The minimum Gasteiger partial charge on any atom is -0.392 e. The molecule has 4 unspecified atom stereocenters. The third-order valence-electron chi connectivity index (χ3n) is 3.87. The van der Waals surface area contributed by atoms with E-state index in [1.807, 2.05) is 0 Å². The zero-order valence-corrected chi connectivity index (χ0v) is 14.9. The molecule has 2 fully saturated rings. The molecule has 0 radical (unpaired) electrons. The van der Waals surface area contributed by atoms with E-state index in [9.17, 15) is 9.90 Å². The smallest absolute Gasteiger partial charge is 0.237 e. The van der Waals surface area contributed by atoms with Gasteiger partial charge in [0.25, 0.3) is 0 Å². The van der Waals surface area contributed by atoms with Crippen molar-refractivity contribution in [2.75, 3.05) is 32.7 Å². The Hall–Kier alpha value is -0.110. The van der Waals surface area contributed by atoms with Gasteiger partial charge >= 0.3 is 0 Å². The molecule has 3 N–H and O–H groups in total. The number of β-amino-alcohol motifs (C(OH)–C–C–N with tert-alkyl or cyclic N) is 1. The van der Waals surface area contributed by atoms with E-state index in [2.05, 4.69) is 29.4 Å². The second-order valence-electron chi connectivity index (χ2n) is 6.01. The van der Waals surface area contributed by atoms with E-state index >= 15 is 0 Å². The predicted octanol–water partition coefficient (Wildman–Crippen LogP) is 0.168. The SMILES string of the molecule is CC1CN(CCCNC(=O)C2CC(O)CN2)CC(C)O1.Cl.Cl. The number of hydrogen-bond donors (Lipinski definition) is 3. The highest BCUT2D eigenvalue weighted by atomic mass is 35.5. The highest BCUT2D eigenvalue weighted by Gasteiger charge is 2.27. The van der Waals surface area contributed by atoms with Crippen LogP contribution >= 0.6 is 24.8 Å². The molecule has 132 valence electrons. The van der Waals surface area contributed by atoms with E-state index in [0.717, 1.165) is 26.1 Å². The molecule has 2 rings (SSSR count). The Morgan fingerprint density at radius 2 is 1.95 bits per heavy atom. The number of halogens is 2. The molecule has 2 heterocycles. The Bertz CT molecular complexity index is 326. The van der Waals surface area contributed by atoms with E-state index < -0.39 is 0 Å². The average Bonchev–Trinajstić information content (AvgIpc) is 2.80. The molecular formula is C14H29Cl2N3O3. The number of amides is 1. The number of ether oxygens (including phenoxy) is 1. The van der Waals surface area contributed by atoms with Crippen molar-refractivity contribution in [1.29, 1.82) is 0 Å². The van der Waals surface area contributed by atoms with Crippen molar-refractivity contribution >= 4 is 30.7 Å². The summed E-state index contributed by atoms with van der Waals surface area (Å²) in [4.78, 5) is 14.2. The second-order valence-corrected chi connectivity index (χ2v) is 6.01. The Morgan fingerprint density at radius 3 is 2.50 bits per heavy atom. The normalized spacial score (nSPS) is 32.0. The summed E-state index contributed by atoms with van der Waals surface area (Å²) >= 11 is 0. The molecule has 0 aliphatic carbocycles. The van der Waals surface area contributed by atoms with Crippen molar-refractivity contribution in [1.82, 2.24) is 15.5 Å². The molecule has 0 aromatic rings. The van der Waals surface area contributed by atoms with Crippen LogP contribution in [0.3, 0.4) is 0 Å². The molecular weight excluding hydrogens is 329 g/mol. The van der Waals surface area contributed by atoms with Crippen LogP contribution in [-0.4, -0.2) is 73.0 Å². The second kappa shape index (κ2) is 10.6. The zero-order valence-electron chi connectivity index (χ0n) is 13.3. The van der Waals surface area contributed by atoms with Crippen LogP contribution in [0.25, 0.3) is 0 Å². The Balaban J connectivity index is 0.00000220. The van der Waals surface area contributed by atoms with E-state index in [1.54, 1.807) is 0 Å². The standard InChI is InChI=1S/C14H27N3O3.2ClH/c1-10-8-17(9-11(2)20-10)5-3-4-15-14(19)13-6-12(18)7-16-13;;/h10-13,16,18H,3-9H2,1-2H3,(H,15,19);2*1H. The van der Waals surface area contributed by atoms with Crippen molar-refractivity contribution in [3.63, 3.8) is 0 Å². The number of morpholine rings is 1. The van der Waals surface area contributed by atoms with Crippen molar-refractivity contribution in [3.05, 3.63) is 0 Å². The maximum Gasteiger partial charge on any atom is 0.237 e. The van der Waals surface area contributed by atoms with Crippen LogP contribution in [0.4, 0.5) is 0 Å². The van der Waals surface area contributed by atoms with E-state index in [0.29, 0.717) is 19.5 Å². The largest absolute Gasteiger partial charge is 0.392 e. The Morgan fingerprint density at radius 1 is 1.32 bits per heavy atom. The van der Waals surface area contributed by atoms with Crippen LogP contribution < -0.4 is 10.6 Å². The van der Waals surface area contributed by atoms with Crippen molar-refractivity contribution in [2.24, 2.45) is 0 Å². The number of carbonyl (C=O) groups excluding carboxylic acids is 1. The first-order valence-electron chi connectivity index (χ1n) is 7.61. The molecule has 2 saturated heterocycles. The number of nitrogens with one attached hydrogen (secondary N) is 2. The lowest BCUT2D eigenvalue weighted by Crippen LogP contribution is -2.46. The molecule has 0 saturated carbocycles. The first-order chi connectivity index (χ1) is 9.54. The van der Waals surface area contributed by atoms with Gasteiger partial charge in [0, 0.05) is 32.7 Å². The summed E-state index contributed by atoms with van der Waals surface area (Å²) in [5.41, 5.74) is 0. The van der Waals surface area contributed by atoms with Crippen LogP contribution in [0.15, 0.2) is 0 Å². The third-order valence-corrected chi connectivity index (χ3v) is 3.87. The minimum absolute atomic E-state index is 0. The lowest BCUT2D eigenvalue weighted by atomic mass is 10.2. The average molecular weight is 358 g/mol. The van der Waals surface area contributed by atoms with Crippen molar-refractivity contribution in [2.45, 2.75) is 51.0 Å². The van der Waals surface area contributed by atoms with Crippen LogP contribution in [-0.2, 0) is 9.53 Å². The molecule has 4 atom stereocenters. The van der Waals surface area contributed by atoms with Gasteiger partial charge in [0.05, 0.1) is 24.4 Å². The van der Waals surface area contributed by atoms with Gasteiger partial charge in [0.2, 0.25) is 5.91 Å². The summed E-state index contributed by atoms with van der Waals surface area (Å²) in [5, 5.41) is 15.3. The summed E-state index contributed by atoms with van der Waals surface area (Å²) in [5.74, 6) is 0.00487. The summed E-state index contributed by atoms with van der Waals surface area (Å²) in [7, 11) is 0. The molecule has 1 amide bonds. The first kappa shape index (κ1) is 21.9. The number of hydrogen-bond acceptors (Lipinski definition) is 5. The van der Waals surface area contributed by atoms with Gasteiger partial charge in [-0.2, -0.15) is 0 Å². The van der Waals surface area contributed by atoms with E-state index in [-0.39, 0.29) is 55.1 Å². The fourth-order valence-corrected chi connectivity index (χ4v) is 3.02. The number of rotatable bonds is 5. The van der Waals surface area contributed by atoms with Crippen LogP contribution in [0.2, 0.25) is 0 Å². The van der Waals surface area contributed by atoms with Gasteiger partial charge in [-0.25, -0.2) is 0 Å². The van der Waals surface area contributed by atoms with Gasteiger partial charge in [-0.15, -0.1) is 24.8 Å². The number of carbonyl (C=O) groups is 1. The van der Waals surface area contributed by atoms with E-state index in [1.165, 1.54) is 0 Å². The predicted molar refractivity (Wildman–Crippen MR) is 91.0 cm³/mol. The third kappa shape index (κ3) is 6.98. The lowest BCUT2D eigenvalue weighted by Gasteiger charge is -2.35. The fourth-order valence-electron chi connectivity index (χ4n) is 3.02. The summed E-state index contributed by atoms with van der Waals surface area (Å²) in [6.45, 7) is 8.32. The monoisotopic (exact) mass is 357 g/mol. The Labute approximate surface area is 145 Å². The van der Waals surface area contributed by atoms with Gasteiger partial charge in [-0.3, -0.25) is 9.69 Å². The number of aliphatic hydroxyl groups is 1. The molecule has 2 aliphatic heterocycles. The van der Waals surface area contributed by atoms with Gasteiger partial charge in [0.1, 0.15) is 0 Å². The highest BCUT2D eigenvalue weighted by Crippen LogP contribution is 2.10.